The van der Waals surface area contributed by atoms with Crippen LogP contribution < -0.4 is 0 Å². The zero-order valence-corrected chi connectivity index (χ0v) is 6.00. The van der Waals surface area contributed by atoms with Crippen LogP contribution in [0.4, 0.5) is 0 Å². The summed E-state index contributed by atoms with van der Waals surface area (Å²) in [7, 11) is 1.96. The van der Waals surface area contributed by atoms with E-state index in [4.69, 9.17) is 5.26 Å². The van der Waals surface area contributed by atoms with Crippen molar-refractivity contribution in [1.82, 2.24) is 4.90 Å². The molecule has 0 saturated carbocycles. The topological polar surface area (TPSA) is 44.1 Å². The molecule has 54 valence electrons. The minimum Gasteiger partial charge on any atom is -0.306 e. The number of nitrogens with zero attached hydrogens (tertiary/aromatic N) is 2. The van der Waals surface area contributed by atoms with Gasteiger partial charge in [0.25, 0.3) is 0 Å². The number of ketones is 1. The van der Waals surface area contributed by atoms with Gasteiger partial charge in [-0.25, -0.2) is 0 Å². The van der Waals surface area contributed by atoms with Gasteiger partial charge in [0.15, 0.2) is 0 Å². The predicted octanol–water partition coefficient (Wildman–Crippen LogP) is 0.0308. The van der Waals surface area contributed by atoms with Gasteiger partial charge < -0.3 is 4.90 Å². The van der Waals surface area contributed by atoms with E-state index in [1.807, 2.05) is 7.05 Å². The Balaban J connectivity index is 2.47. The molecule has 3 heteroatoms. The quantitative estimate of drug-likeness (QED) is 0.480. The maximum absolute atomic E-state index is 10.8. The van der Waals surface area contributed by atoms with E-state index in [2.05, 4.69) is 4.90 Å². The van der Waals surface area contributed by atoms with E-state index in [0.717, 1.165) is 19.5 Å². The number of nitriles is 1. The van der Waals surface area contributed by atoms with Crippen molar-refractivity contribution >= 4 is 5.78 Å². The lowest BCUT2D eigenvalue weighted by atomic mass is 10.1. The Morgan fingerprint density at radius 1 is 1.80 bits per heavy atom. The highest BCUT2D eigenvalue weighted by Gasteiger charge is 2.25. The van der Waals surface area contributed by atoms with Crippen molar-refractivity contribution in [2.45, 2.75) is 6.42 Å². The minimum atomic E-state index is -0.260. The molecule has 0 aromatic heterocycles. The highest BCUT2D eigenvalue weighted by molar-refractivity contribution is 5.95. The number of likely N-dealkylation sites (tertiary alicyclic amines) is 1. The van der Waals surface area contributed by atoms with Gasteiger partial charge in [-0.15, -0.1) is 0 Å². The van der Waals surface area contributed by atoms with Crippen molar-refractivity contribution in [3.05, 3.63) is 0 Å². The van der Waals surface area contributed by atoms with Crippen LogP contribution in [0, 0.1) is 17.2 Å². The summed E-state index contributed by atoms with van der Waals surface area (Å²) >= 11 is 0. The van der Waals surface area contributed by atoms with Crippen LogP contribution in [0.15, 0.2) is 0 Å². The summed E-state index contributed by atoms with van der Waals surface area (Å²) in [6, 6.07) is 1.66. The average Bonchev–Trinajstić information content (AvgIpc) is 2.34. The Morgan fingerprint density at radius 2 is 2.50 bits per heavy atom. The van der Waals surface area contributed by atoms with Gasteiger partial charge >= 0.3 is 0 Å². The SMILES string of the molecule is CN1CCC(C(=O)C#N)C1. The van der Waals surface area contributed by atoms with E-state index in [1.165, 1.54) is 0 Å². The molecule has 0 N–H and O–H groups in total. The summed E-state index contributed by atoms with van der Waals surface area (Å²) < 4.78 is 0. The zero-order chi connectivity index (χ0) is 7.56. The first-order chi connectivity index (χ1) is 4.74. The van der Waals surface area contributed by atoms with Gasteiger partial charge in [-0.05, 0) is 20.0 Å². The average molecular weight is 138 g/mol. The summed E-state index contributed by atoms with van der Waals surface area (Å²) in [5.74, 6) is -0.278. The monoisotopic (exact) mass is 138 g/mol. The molecule has 0 aromatic rings. The molecule has 1 atom stereocenters. The third-order valence-corrected chi connectivity index (χ3v) is 1.87. The van der Waals surface area contributed by atoms with E-state index in [9.17, 15) is 4.79 Å². The van der Waals surface area contributed by atoms with Crippen LogP contribution in [-0.4, -0.2) is 30.8 Å². The maximum Gasteiger partial charge on any atom is 0.236 e. The standard InChI is InChI=1S/C7H10N2O/c1-9-3-2-6(5-9)7(10)4-8/h6H,2-3,5H2,1H3. The molecule has 1 aliphatic rings. The lowest BCUT2D eigenvalue weighted by molar-refractivity contribution is -0.117. The summed E-state index contributed by atoms with van der Waals surface area (Å²) in [4.78, 5) is 12.8. The molecule has 1 rings (SSSR count). The lowest BCUT2D eigenvalue weighted by Gasteiger charge is -2.04. The maximum atomic E-state index is 10.8. The molecular weight excluding hydrogens is 128 g/mol. The van der Waals surface area contributed by atoms with Gasteiger partial charge in [-0.1, -0.05) is 0 Å². The molecular formula is C7H10N2O. The number of carbonyl (C=O) groups excluding carboxylic acids is 1. The molecule has 0 aromatic carbocycles. The molecule has 3 nitrogen and oxygen atoms in total. The van der Waals surface area contributed by atoms with Crippen molar-refractivity contribution < 1.29 is 4.79 Å². The van der Waals surface area contributed by atoms with Gasteiger partial charge in [0.1, 0.15) is 6.07 Å². The zero-order valence-electron chi connectivity index (χ0n) is 6.00. The fourth-order valence-electron chi connectivity index (χ4n) is 1.24. The third kappa shape index (κ3) is 1.34. The van der Waals surface area contributed by atoms with Crippen LogP contribution in [0.2, 0.25) is 0 Å². The van der Waals surface area contributed by atoms with Crippen molar-refractivity contribution in [2.24, 2.45) is 5.92 Å². The Labute approximate surface area is 60.2 Å². The summed E-state index contributed by atoms with van der Waals surface area (Å²) in [6.45, 7) is 1.70. The van der Waals surface area contributed by atoms with Gasteiger partial charge in [-0.3, -0.25) is 4.79 Å². The summed E-state index contributed by atoms with van der Waals surface area (Å²) in [5, 5.41) is 8.26. The molecule has 1 heterocycles. The molecule has 0 amide bonds. The summed E-state index contributed by atoms with van der Waals surface area (Å²) in [5.41, 5.74) is 0. The first kappa shape index (κ1) is 7.23. The van der Waals surface area contributed by atoms with Crippen molar-refractivity contribution in [1.29, 1.82) is 5.26 Å². The van der Waals surface area contributed by atoms with E-state index < -0.39 is 0 Å². The normalized spacial score (nSPS) is 26.2. The van der Waals surface area contributed by atoms with Gasteiger partial charge in [0, 0.05) is 12.5 Å². The van der Waals surface area contributed by atoms with Crippen molar-refractivity contribution in [3.63, 3.8) is 0 Å². The molecule has 1 saturated heterocycles. The van der Waals surface area contributed by atoms with E-state index in [0.29, 0.717) is 0 Å². The third-order valence-electron chi connectivity index (χ3n) is 1.87. The smallest absolute Gasteiger partial charge is 0.236 e. The van der Waals surface area contributed by atoms with Gasteiger partial charge in [0.2, 0.25) is 5.78 Å². The fourth-order valence-corrected chi connectivity index (χ4v) is 1.24. The van der Waals surface area contributed by atoms with E-state index >= 15 is 0 Å². The number of hydrogen-bond donors (Lipinski definition) is 0. The molecule has 0 aliphatic carbocycles. The largest absolute Gasteiger partial charge is 0.306 e. The highest BCUT2D eigenvalue weighted by Crippen LogP contribution is 2.14. The Kier molecular flexibility index (Phi) is 2.03. The number of rotatable bonds is 1. The molecule has 10 heavy (non-hydrogen) atoms. The van der Waals surface area contributed by atoms with Gasteiger partial charge in [0.05, 0.1) is 0 Å². The first-order valence-corrected chi connectivity index (χ1v) is 3.36. The molecule has 1 fully saturated rings. The van der Waals surface area contributed by atoms with E-state index in [1.54, 1.807) is 6.07 Å². The Morgan fingerprint density at radius 3 is 2.90 bits per heavy atom. The van der Waals surface area contributed by atoms with Crippen LogP contribution in [0.1, 0.15) is 6.42 Å². The minimum absolute atomic E-state index is 0.0185. The lowest BCUT2D eigenvalue weighted by Crippen LogP contribution is -2.18. The van der Waals surface area contributed by atoms with Crippen LogP contribution in [0.25, 0.3) is 0 Å². The van der Waals surface area contributed by atoms with E-state index in [-0.39, 0.29) is 11.7 Å². The number of Topliss-reactive ketones (excluding diaryl/α,β-unsaturated/α-hetero) is 1. The highest BCUT2D eigenvalue weighted by atomic mass is 16.1. The van der Waals surface area contributed by atoms with Crippen LogP contribution in [0.5, 0.6) is 0 Å². The van der Waals surface area contributed by atoms with Crippen molar-refractivity contribution in [3.8, 4) is 6.07 Å². The molecule has 1 unspecified atom stereocenters. The van der Waals surface area contributed by atoms with Crippen LogP contribution >= 0.6 is 0 Å². The fraction of sp³-hybridized carbons (Fsp3) is 0.714. The summed E-state index contributed by atoms with van der Waals surface area (Å²) in [6.07, 6.45) is 0.850. The molecule has 0 bridgehead atoms. The predicted molar refractivity (Wildman–Crippen MR) is 36.2 cm³/mol. The second-order valence-electron chi connectivity index (χ2n) is 2.72. The molecule has 0 radical (unpaired) electrons. The van der Waals surface area contributed by atoms with Crippen molar-refractivity contribution in [2.75, 3.05) is 20.1 Å². The molecule has 1 aliphatic heterocycles. The number of carbonyl (C=O) groups is 1. The Hall–Kier alpha value is -0.880. The second kappa shape index (κ2) is 2.80. The van der Waals surface area contributed by atoms with Crippen LogP contribution in [0.3, 0.4) is 0 Å². The van der Waals surface area contributed by atoms with Gasteiger partial charge in [-0.2, -0.15) is 5.26 Å². The first-order valence-electron chi connectivity index (χ1n) is 3.36. The van der Waals surface area contributed by atoms with Crippen LogP contribution in [-0.2, 0) is 4.79 Å². The number of hydrogen-bond acceptors (Lipinski definition) is 3. The Bertz CT molecular complexity index is 183. The second-order valence-corrected chi connectivity index (χ2v) is 2.72. The molecule has 0 spiro atoms.